The van der Waals surface area contributed by atoms with Crippen LogP contribution >= 0.6 is 11.6 Å². The number of hydrogen-bond acceptors (Lipinski definition) is 8. The largest absolute Gasteiger partial charge is 0.443 e. The Hall–Kier alpha value is -3.90. The molecule has 0 unspecified atom stereocenters. The minimum Gasteiger partial charge on any atom is -0.443 e. The maximum atomic E-state index is 13.0. The van der Waals surface area contributed by atoms with Crippen molar-refractivity contribution >= 4 is 46.4 Å². The minimum absolute atomic E-state index is 0.0953. The third-order valence-electron chi connectivity index (χ3n) is 5.26. The maximum absolute atomic E-state index is 13.0. The summed E-state index contributed by atoms with van der Waals surface area (Å²) in [6.07, 6.45) is 6.15. The van der Waals surface area contributed by atoms with Gasteiger partial charge in [-0.1, -0.05) is 11.6 Å². The average molecular weight is 529 g/mol. The number of nitrogens with zero attached hydrogens (tertiary/aromatic N) is 6. The Bertz CT molecular complexity index is 1460. The molecular weight excluding hydrogens is 500 g/mol. The molecule has 2 amide bonds. The Morgan fingerprint density at radius 2 is 2.03 bits per heavy atom. The summed E-state index contributed by atoms with van der Waals surface area (Å²) in [6.45, 7) is 7.69. The van der Waals surface area contributed by atoms with Crippen molar-refractivity contribution in [3.8, 4) is 0 Å². The first-order valence-corrected chi connectivity index (χ1v) is 11.9. The molecule has 13 heteroatoms. The summed E-state index contributed by atoms with van der Waals surface area (Å²) in [5, 5.41) is 7.22. The van der Waals surface area contributed by atoms with Gasteiger partial charge in [-0.2, -0.15) is 9.61 Å². The molecule has 4 rings (SSSR count). The number of nitrogens with one attached hydrogen (secondary N) is 1. The molecule has 37 heavy (non-hydrogen) atoms. The van der Waals surface area contributed by atoms with E-state index in [-0.39, 0.29) is 29.0 Å². The summed E-state index contributed by atoms with van der Waals surface area (Å²) in [5.41, 5.74) is 7.87. The zero-order chi connectivity index (χ0) is 26.9. The monoisotopic (exact) mass is 528 g/mol. The van der Waals surface area contributed by atoms with Gasteiger partial charge in [-0.25, -0.2) is 14.8 Å². The van der Waals surface area contributed by atoms with Crippen LogP contribution in [-0.4, -0.2) is 61.3 Å². The zero-order valence-corrected chi connectivity index (χ0v) is 22.0. The van der Waals surface area contributed by atoms with Gasteiger partial charge < -0.3 is 24.9 Å². The Balaban J connectivity index is 1.42. The Labute approximate surface area is 218 Å². The number of carbonyl (C=O) groups is 2. The lowest BCUT2D eigenvalue weighted by atomic mass is 10.2. The fourth-order valence-electron chi connectivity index (χ4n) is 3.64. The van der Waals surface area contributed by atoms with Crippen molar-refractivity contribution in [2.45, 2.75) is 45.9 Å². The lowest BCUT2D eigenvalue weighted by Crippen LogP contribution is -2.36. The quantitative estimate of drug-likeness (QED) is 0.348. The molecule has 0 aliphatic rings. The number of anilines is 2. The number of imidazole rings is 1. The molecule has 3 N–H and O–H groups in total. The molecule has 0 aromatic carbocycles. The number of rotatable bonds is 7. The smallest absolute Gasteiger partial charge is 0.415 e. The summed E-state index contributed by atoms with van der Waals surface area (Å²) in [5.74, 6) is -0.107. The van der Waals surface area contributed by atoms with Gasteiger partial charge in [0.1, 0.15) is 22.1 Å². The Morgan fingerprint density at radius 1 is 1.27 bits per heavy atom. The first kappa shape index (κ1) is 26.2. The highest BCUT2D eigenvalue weighted by Gasteiger charge is 2.25. The molecule has 4 aromatic rings. The summed E-state index contributed by atoms with van der Waals surface area (Å²) >= 11 is 6.21. The second kappa shape index (κ2) is 10.2. The number of aromatic nitrogens is 5. The van der Waals surface area contributed by atoms with Crippen LogP contribution in [0, 0.1) is 0 Å². The molecule has 0 saturated heterocycles. The number of carbonyl (C=O) groups excluding carboxylic acids is 2. The van der Waals surface area contributed by atoms with Crippen molar-refractivity contribution in [2.75, 3.05) is 24.3 Å². The number of ether oxygens (including phenoxy) is 2. The van der Waals surface area contributed by atoms with E-state index in [1.807, 2.05) is 29.8 Å². The minimum atomic E-state index is -0.687. The van der Waals surface area contributed by atoms with Crippen molar-refractivity contribution in [3.05, 3.63) is 53.2 Å². The third kappa shape index (κ3) is 5.92. The van der Waals surface area contributed by atoms with Crippen molar-refractivity contribution < 1.29 is 19.1 Å². The van der Waals surface area contributed by atoms with Crippen LogP contribution in [0.15, 0.2) is 36.9 Å². The molecule has 0 spiro atoms. The molecule has 4 aromatic heterocycles. The van der Waals surface area contributed by atoms with E-state index in [2.05, 4.69) is 20.4 Å². The highest BCUT2D eigenvalue weighted by atomic mass is 35.5. The van der Waals surface area contributed by atoms with E-state index in [9.17, 15) is 9.59 Å². The van der Waals surface area contributed by atoms with Gasteiger partial charge in [0.2, 0.25) is 0 Å². The van der Waals surface area contributed by atoms with Gasteiger partial charge in [-0.15, -0.1) is 0 Å². The molecular formula is C24H29ClN8O4. The number of hydrogen-bond donors (Lipinski definition) is 2. The standard InChI is InChI=1S/C24H29ClN8O4/c1-14(12-36-13-15-8-17(26)21-27-6-7-32(21)11-15)29-22(34)16-10-28-33-19(9-18(25)30-20(16)33)31(5)23(35)37-24(2,3)4/h6-11,14H,12-13,26H2,1-5H3,(H,29,34)/t14-/m1/s1. The fourth-order valence-corrected chi connectivity index (χ4v) is 3.82. The summed E-state index contributed by atoms with van der Waals surface area (Å²) < 4.78 is 14.4. The second-order valence-corrected chi connectivity index (χ2v) is 10.0. The molecule has 0 fully saturated rings. The SMILES string of the molecule is C[C@H](COCc1cc(N)c2nccn2c1)NC(=O)c1cnn2c(N(C)C(=O)OC(C)(C)C)cc(Cl)nc12. The van der Waals surface area contributed by atoms with E-state index in [1.165, 1.54) is 28.7 Å². The van der Waals surface area contributed by atoms with Crippen molar-refractivity contribution in [1.82, 2.24) is 29.3 Å². The van der Waals surface area contributed by atoms with Crippen LogP contribution in [0.4, 0.5) is 16.3 Å². The van der Waals surface area contributed by atoms with Crippen LogP contribution in [0.25, 0.3) is 11.3 Å². The Morgan fingerprint density at radius 3 is 2.76 bits per heavy atom. The molecule has 0 aliphatic heterocycles. The van der Waals surface area contributed by atoms with E-state index in [4.69, 9.17) is 26.8 Å². The summed E-state index contributed by atoms with van der Waals surface area (Å²) in [6, 6.07) is 2.96. The molecule has 0 aliphatic carbocycles. The predicted octanol–water partition coefficient (Wildman–Crippen LogP) is 3.32. The molecule has 4 heterocycles. The number of fused-ring (bicyclic) bond motifs is 2. The van der Waals surface area contributed by atoms with Crippen molar-refractivity contribution in [1.29, 1.82) is 0 Å². The van der Waals surface area contributed by atoms with E-state index in [1.54, 1.807) is 27.0 Å². The van der Waals surface area contributed by atoms with Gasteiger partial charge >= 0.3 is 6.09 Å². The topological polar surface area (TPSA) is 141 Å². The first-order chi connectivity index (χ1) is 17.4. The maximum Gasteiger partial charge on any atom is 0.415 e. The van der Waals surface area contributed by atoms with Crippen LogP contribution in [0.2, 0.25) is 5.15 Å². The summed E-state index contributed by atoms with van der Waals surface area (Å²) in [4.78, 5) is 35.3. The van der Waals surface area contributed by atoms with Gasteiger partial charge in [0.25, 0.3) is 5.91 Å². The third-order valence-corrected chi connectivity index (χ3v) is 5.46. The van der Waals surface area contributed by atoms with Gasteiger partial charge in [0.15, 0.2) is 11.3 Å². The van der Waals surface area contributed by atoms with E-state index >= 15 is 0 Å². The number of halogens is 1. The van der Waals surface area contributed by atoms with Crippen LogP contribution < -0.4 is 16.0 Å². The predicted molar refractivity (Wildman–Crippen MR) is 139 cm³/mol. The van der Waals surface area contributed by atoms with Crippen molar-refractivity contribution in [2.24, 2.45) is 0 Å². The van der Waals surface area contributed by atoms with Crippen LogP contribution in [0.1, 0.15) is 43.6 Å². The van der Waals surface area contributed by atoms with E-state index in [0.29, 0.717) is 23.8 Å². The van der Waals surface area contributed by atoms with E-state index in [0.717, 1.165) is 5.56 Å². The number of nitrogen functional groups attached to an aromatic ring is 1. The van der Waals surface area contributed by atoms with Crippen LogP contribution in [-0.2, 0) is 16.1 Å². The van der Waals surface area contributed by atoms with E-state index < -0.39 is 17.6 Å². The molecule has 0 bridgehead atoms. The fraction of sp³-hybridized carbons (Fsp3) is 0.375. The first-order valence-electron chi connectivity index (χ1n) is 11.5. The van der Waals surface area contributed by atoms with Gasteiger partial charge in [-0.05, 0) is 39.3 Å². The molecule has 1 atom stereocenters. The van der Waals surface area contributed by atoms with Crippen LogP contribution in [0.5, 0.6) is 0 Å². The van der Waals surface area contributed by atoms with Gasteiger partial charge in [-0.3, -0.25) is 9.69 Å². The molecule has 0 radical (unpaired) electrons. The molecule has 12 nitrogen and oxygen atoms in total. The number of nitrogens with two attached hydrogens (primary N) is 1. The van der Waals surface area contributed by atoms with Crippen molar-refractivity contribution in [3.63, 3.8) is 0 Å². The lowest BCUT2D eigenvalue weighted by molar-refractivity contribution is 0.0587. The summed E-state index contributed by atoms with van der Waals surface area (Å²) in [7, 11) is 1.53. The number of pyridine rings is 1. The highest BCUT2D eigenvalue weighted by molar-refractivity contribution is 6.30. The molecule has 0 saturated carbocycles. The lowest BCUT2D eigenvalue weighted by Gasteiger charge is -2.24. The highest BCUT2D eigenvalue weighted by Crippen LogP contribution is 2.23. The van der Waals surface area contributed by atoms with Crippen LogP contribution in [0.3, 0.4) is 0 Å². The normalized spacial score (nSPS) is 12.6. The average Bonchev–Trinajstić information content (AvgIpc) is 3.44. The molecule has 196 valence electrons. The Kier molecular flexibility index (Phi) is 7.23. The van der Waals surface area contributed by atoms with Gasteiger partial charge in [0, 0.05) is 37.7 Å². The van der Waals surface area contributed by atoms with Gasteiger partial charge in [0.05, 0.1) is 25.1 Å². The zero-order valence-electron chi connectivity index (χ0n) is 21.2. The number of amides is 2. The second-order valence-electron chi connectivity index (χ2n) is 9.62.